The SMILES string of the molecule is CN(CCS(C)(=O)=O)CC(=O)c1ccccc1Br. The summed E-state index contributed by atoms with van der Waals surface area (Å²) >= 11 is 3.32. The van der Waals surface area contributed by atoms with Gasteiger partial charge in [-0.25, -0.2) is 8.42 Å². The van der Waals surface area contributed by atoms with E-state index in [4.69, 9.17) is 0 Å². The first-order valence-electron chi connectivity index (χ1n) is 5.43. The molecule has 0 aliphatic carbocycles. The van der Waals surface area contributed by atoms with E-state index in [0.717, 1.165) is 4.47 Å². The van der Waals surface area contributed by atoms with Crippen LogP contribution in [-0.4, -0.2) is 51.2 Å². The molecule has 0 saturated heterocycles. The highest BCUT2D eigenvalue weighted by Gasteiger charge is 2.13. The molecule has 100 valence electrons. The van der Waals surface area contributed by atoms with E-state index in [1.807, 2.05) is 12.1 Å². The number of halogens is 1. The first-order chi connectivity index (χ1) is 8.29. The van der Waals surface area contributed by atoms with Crippen LogP contribution in [-0.2, 0) is 9.84 Å². The minimum absolute atomic E-state index is 0.0292. The fourth-order valence-corrected chi connectivity index (χ4v) is 2.57. The van der Waals surface area contributed by atoms with E-state index in [-0.39, 0.29) is 18.1 Å². The van der Waals surface area contributed by atoms with Crippen molar-refractivity contribution < 1.29 is 13.2 Å². The van der Waals surface area contributed by atoms with E-state index in [1.54, 1.807) is 24.1 Å². The lowest BCUT2D eigenvalue weighted by Gasteiger charge is -2.15. The molecule has 0 atom stereocenters. The molecular formula is C12H16BrNO3S. The van der Waals surface area contributed by atoms with Crippen molar-refractivity contribution in [1.29, 1.82) is 0 Å². The molecule has 1 rings (SSSR count). The van der Waals surface area contributed by atoms with Gasteiger partial charge >= 0.3 is 0 Å². The van der Waals surface area contributed by atoms with Gasteiger partial charge in [0.1, 0.15) is 9.84 Å². The molecule has 4 nitrogen and oxygen atoms in total. The van der Waals surface area contributed by atoms with Gasteiger partial charge < -0.3 is 0 Å². The number of benzene rings is 1. The number of sulfone groups is 1. The smallest absolute Gasteiger partial charge is 0.177 e. The lowest BCUT2D eigenvalue weighted by Crippen LogP contribution is -2.30. The van der Waals surface area contributed by atoms with Crippen LogP contribution in [0, 0.1) is 0 Å². The van der Waals surface area contributed by atoms with Crippen LogP contribution in [0.15, 0.2) is 28.7 Å². The molecule has 1 aromatic carbocycles. The van der Waals surface area contributed by atoms with Crippen molar-refractivity contribution in [2.45, 2.75) is 0 Å². The van der Waals surface area contributed by atoms with Gasteiger partial charge in [0.25, 0.3) is 0 Å². The third-order valence-corrected chi connectivity index (χ3v) is 4.05. The zero-order valence-corrected chi connectivity index (χ0v) is 12.8. The van der Waals surface area contributed by atoms with E-state index < -0.39 is 9.84 Å². The van der Waals surface area contributed by atoms with Crippen LogP contribution in [0.25, 0.3) is 0 Å². The summed E-state index contributed by atoms with van der Waals surface area (Å²) in [4.78, 5) is 13.7. The molecule has 0 heterocycles. The van der Waals surface area contributed by atoms with E-state index in [0.29, 0.717) is 12.1 Å². The summed E-state index contributed by atoms with van der Waals surface area (Å²) in [5.74, 6) is 0.0331. The second-order valence-corrected chi connectivity index (χ2v) is 7.38. The van der Waals surface area contributed by atoms with Gasteiger partial charge in [0.15, 0.2) is 5.78 Å². The van der Waals surface area contributed by atoms with Crippen LogP contribution in [0.3, 0.4) is 0 Å². The minimum Gasteiger partial charge on any atom is -0.298 e. The lowest BCUT2D eigenvalue weighted by molar-refractivity contribution is 0.0948. The van der Waals surface area contributed by atoms with Crippen molar-refractivity contribution >= 4 is 31.6 Å². The normalized spacial score (nSPS) is 11.8. The second kappa shape index (κ2) is 6.45. The first kappa shape index (κ1) is 15.3. The molecule has 0 bridgehead atoms. The van der Waals surface area contributed by atoms with Crippen molar-refractivity contribution in [3.63, 3.8) is 0 Å². The number of carbonyl (C=O) groups is 1. The average molecular weight is 334 g/mol. The Labute approximate surface area is 116 Å². The number of carbonyl (C=O) groups excluding carboxylic acids is 1. The Bertz CT molecular complexity index is 528. The molecule has 0 aliphatic rings. The van der Waals surface area contributed by atoms with E-state index in [1.165, 1.54) is 6.26 Å². The molecule has 18 heavy (non-hydrogen) atoms. The maximum Gasteiger partial charge on any atom is 0.177 e. The zero-order valence-electron chi connectivity index (χ0n) is 10.4. The van der Waals surface area contributed by atoms with Crippen molar-refractivity contribution in [2.24, 2.45) is 0 Å². The van der Waals surface area contributed by atoms with Crippen LogP contribution in [0.4, 0.5) is 0 Å². The number of nitrogens with zero attached hydrogens (tertiary/aromatic N) is 1. The second-order valence-electron chi connectivity index (χ2n) is 4.27. The van der Waals surface area contributed by atoms with Crippen LogP contribution < -0.4 is 0 Å². The monoisotopic (exact) mass is 333 g/mol. The molecule has 0 unspecified atom stereocenters. The van der Waals surface area contributed by atoms with Gasteiger partial charge in [0.05, 0.1) is 12.3 Å². The predicted octanol–water partition coefficient (Wildman–Crippen LogP) is 1.61. The topological polar surface area (TPSA) is 54.5 Å². The number of rotatable bonds is 6. The summed E-state index contributed by atoms with van der Waals surface area (Å²) in [6, 6.07) is 7.20. The number of Topliss-reactive ketones (excluding diaryl/α,β-unsaturated/α-hetero) is 1. The maximum absolute atomic E-state index is 12.0. The van der Waals surface area contributed by atoms with Crippen molar-refractivity contribution in [3.05, 3.63) is 34.3 Å². The molecular weight excluding hydrogens is 318 g/mol. The quantitative estimate of drug-likeness (QED) is 0.742. The minimum atomic E-state index is -2.99. The highest BCUT2D eigenvalue weighted by molar-refractivity contribution is 9.10. The summed E-state index contributed by atoms with van der Waals surface area (Å²) in [6.07, 6.45) is 1.19. The molecule has 0 N–H and O–H groups in total. The highest BCUT2D eigenvalue weighted by atomic mass is 79.9. The van der Waals surface area contributed by atoms with Crippen molar-refractivity contribution in [3.8, 4) is 0 Å². The Hall–Kier alpha value is -0.720. The fraction of sp³-hybridized carbons (Fsp3) is 0.417. The number of hydrogen-bond donors (Lipinski definition) is 0. The molecule has 0 fully saturated rings. The van der Waals surface area contributed by atoms with Crippen LogP contribution in [0.2, 0.25) is 0 Å². The van der Waals surface area contributed by atoms with Crippen LogP contribution in [0.5, 0.6) is 0 Å². The zero-order chi connectivity index (χ0) is 13.8. The van der Waals surface area contributed by atoms with Gasteiger partial charge in [-0.3, -0.25) is 9.69 Å². The summed E-state index contributed by atoms with van der Waals surface area (Å²) in [6.45, 7) is 0.563. The Morgan fingerprint density at radius 2 is 1.94 bits per heavy atom. The predicted molar refractivity (Wildman–Crippen MR) is 75.7 cm³/mol. The van der Waals surface area contributed by atoms with Gasteiger partial charge in [-0.1, -0.05) is 34.1 Å². The number of hydrogen-bond acceptors (Lipinski definition) is 4. The van der Waals surface area contributed by atoms with Gasteiger partial charge in [0.2, 0.25) is 0 Å². The Morgan fingerprint density at radius 3 is 2.50 bits per heavy atom. The molecule has 1 aromatic rings. The molecule has 0 amide bonds. The lowest BCUT2D eigenvalue weighted by atomic mass is 10.1. The van der Waals surface area contributed by atoms with Gasteiger partial charge in [-0.05, 0) is 13.1 Å². The summed E-state index contributed by atoms with van der Waals surface area (Å²) in [7, 11) is -1.25. The van der Waals surface area contributed by atoms with Gasteiger partial charge in [-0.2, -0.15) is 0 Å². The fourth-order valence-electron chi connectivity index (χ4n) is 1.42. The average Bonchev–Trinajstić information content (AvgIpc) is 2.26. The summed E-state index contributed by atoms with van der Waals surface area (Å²) in [5.41, 5.74) is 0.615. The van der Waals surface area contributed by atoms with E-state index >= 15 is 0 Å². The number of ketones is 1. The third kappa shape index (κ3) is 5.29. The molecule has 0 spiro atoms. The molecule has 6 heteroatoms. The van der Waals surface area contributed by atoms with Crippen LogP contribution >= 0.6 is 15.9 Å². The first-order valence-corrected chi connectivity index (χ1v) is 8.29. The molecule has 0 saturated carbocycles. The molecule has 0 radical (unpaired) electrons. The third-order valence-electron chi connectivity index (χ3n) is 2.43. The summed E-state index contributed by atoms with van der Waals surface area (Å²) < 4.78 is 22.8. The highest BCUT2D eigenvalue weighted by Crippen LogP contribution is 2.16. The van der Waals surface area contributed by atoms with Crippen LogP contribution in [0.1, 0.15) is 10.4 Å². The molecule has 0 aromatic heterocycles. The standard InChI is InChI=1S/C12H16BrNO3S/c1-14(7-8-18(2,16)17)9-12(15)10-5-3-4-6-11(10)13/h3-6H,7-9H2,1-2H3. The van der Waals surface area contributed by atoms with E-state index in [9.17, 15) is 13.2 Å². The maximum atomic E-state index is 12.0. The molecule has 0 aliphatic heterocycles. The Kier molecular flexibility index (Phi) is 5.49. The largest absolute Gasteiger partial charge is 0.298 e. The van der Waals surface area contributed by atoms with Gasteiger partial charge in [0, 0.05) is 22.8 Å². The van der Waals surface area contributed by atoms with Crippen molar-refractivity contribution in [2.75, 3.05) is 32.1 Å². The van der Waals surface area contributed by atoms with Crippen molar-refractivity contribution in [1.82, 2.24) is 4.90 Å². The Balaban J connectivity index is 2.58. The van der Waals surface area contributed by atoms with Gasteiger partial charge in [-0.15, -0.1) is 0 Å². The number of likely N-dealkylation sites (N-methyl/N-ethyl adjacent to an activating group) is 1. The Morgan fingerprint density at radius 1 is 1.33 bits per heavy atom. The van der Waals surface area contributed by atoms with E-state index in [2.05, 4.69) is 15.9 Å². The summed E-state index contributed by atoms with van der Waals surface area (Å²) in [5, 5.41) is 0.